The number of benzene rings is 8. The molecular formula is C44H32. The number of aryl methyl sites for hydroxylation is 2. The third-order valence-corrected chi connectivity index (χ3v) is 10.5. The molecule has 0 bridgehead atoms. The summed E-state index contributed by atoms with van der Waals surface area (Å²) in [6.07, 6.45) is 4.31. The molecule has 0 saturated heterocycles. The van der Waals surface area contributed by atoms with E-state index in [1.807, 2.05) is 0 Å². The van der Waals surface area contributed by atoms with E-state index in [0.717, 1.165) is 25.7 Å². The third kappa shape index (κ3) is 2.94. The first kappa shape index (κ1) is 24.5. The minimum absolute atomic E-state index is 1.05. The van der Waals surface area contributed by atoms with E-state index >= 15 is 0 Å². The minimum atomic E-state index is 1.05. The van der Waals surface area contributed by atoms with Crippen LogP contribution in [0.5, 0.6) is 0 Å². The minimum Gasteiger partial charge on any atom is -0.0651 e. The number of hydrogen-bond donors (Lipinski definition) is 0. The lowest BCUT2D eigenvalue weighted by molar-refractivity contribution is 0.920. The van der Waals surface area contributed by atoms with Gasteiger partial charge in [-0.2, -0.15) is 0 Å². The second-order valence-electron chi connectivity index (χ2n) is 12.9. The number of fused-ring (bicyclic) bond motifs is 3. The van der Waals surface area contributed by atoms with Crippen LogP contribution in [-0.4, -0.2) is 0 Å². The fraction of sp³-hybridized carbons (Fsp3) is 0.136. The Morgan fingerprint density at radius 1 is 0.364 bits per heavy atom. The highest BCUT2D eigenvalue weighted by Gasteiger charge is 2.29. The molecule has 0 aliphatic heterocycles. The van der Waals surface area contributed by atoms with Crippen LogP contribution in [0.25, 0.3) is 97.7 Å². The standard InChI is InChI=1S/C44H32/c1-3-11-31-35(25-13-7-5-8-14-25)36(26-15-9-6-10-16-26)32(12-4-2)42-34-24-30-22-20-28-18-17-27-19-21-29-23-33(41(31)42)43(34)44-39(29)37(27)38(28)40(30)44/h5-10,13-24H,3-4,11-12H2,1-2H3. The van der Waals surface area contributed by atoms with E-state index in [9.17, 15) is 0 Å². The topological polar surface area (TPSA) is 0 Å². The Balaban J connectivity index is 1.55. The Labute approximate surface area is 256 Å². The molecule has 0 heterocycles. The van der Waals surface area contributed by atoms with Gasteiger partial charge in [-0.25, -0.2) is 0 Å². The van der Waals surface area contributed by atoms with Gasteiger partial charge in [0.15, 0.2) is 0 Å². The van der Waals surface area contributed by atoms with Crippen molar-refractivity contribution in [2.24, 2.45) is 0 Å². The van der Waals surface area contributed by atoms with Gasteiger partial charge in [-0.3, -0.25) is 0 Å². The Morgan fingerprint density at radius 2 is 0.750 bits per heavy atom. The monoisotopic (exact) mass is 560 g/mol. The van der Waals surface area contributed by atoms with Crippen LogP contribution < -0.4 is 0 Å². The third-order valence-electron chi connectivity index (χ3n) is 10.5. The van der Waals surface area contributed by atoms with Crippen molar-refractivity contribution in [2.75, 3.05) is 0 Å². The first-order chi connectivity index (χ1) is 21.8. The molecule has 0 fully saturated rings. The highest BCUT2D eigenvalue weighted by molar-refractivity contribution is 6.51. The van der Waals surface area contributed by atoms with Gasteiger partial charge in [-0.1, -0.05) is 124 Å². The molecule has 0 atom stereocenters. The summed E-state index contributed by atoms with van der Waals surface area (Å²) in [7, 11) is 0. The van der Waals surface area contributed by atoms with Crippen LogP contribution in [-0.2, 0) is 12.8 Å². The SMILES string of the molecule is CCCc1c(-c2ccccc2)c(-c2ccccc2)c(CCC)c2c3cc4ccc5ccc6ccc7cc(c12)c3c1c7c6c5c41. The van der Waals surface area contributed by atoms with Crippen molar-refractivity contribution >= 4 is 75.4 Å². The Kier molecular flexibility index (Phi) is 4.90. The maximum Gasteiger partial charge on any atom is -0.000136 e. The lowest BCUT2D eigenvalue weighted by Gasteiger charge is -2.23. The summed E-state index contributed by atoms with van der Waals surface area (Å²) in [5.74, 6) is 0. The van der Waals surface area contributed by atoms with E-state index in [1.165, 1.54) is 109 Å². The van der Waals surface area contributed by atoms with Gasteiger partial charge in [0.1, 0.15) is 0 Å². The first-order valence-corrected chi connectivity index (χ1v) is 16.3. The normalized spacial score (nSPS) is 12.7. The van der Waals surface area contributed by atoms with Crippen molar-refractivity contribution in [1.29, 1.82) is 0 Å². The summed E-state index contributed by atoms with van der Waals surface area (Å²) in [5.41, 5.74) is 8.54. The molecule has 0 saturated carbocycles. The van der Waals surface area contributed by atoms with Crippen molar-refractivity contribution in [2.45, 2.75) is 39.5 Å². The largest absolute Gasteiger partial charge is 0.0651 e. The van der Waals surface area contributed by atoms with Crippen LogP contribution in [0.15, 0.2) is 109 Å². The molecule has 0 aromatic heterocycles. The summed E-state index contributed by atoms with van der Waals surface area (Å²) < 4.78 is 0. The van der Waals surface area contributed by atoms with Crippen molar-refractivity contribution in [3.05, 3.63) is 120 Å². The molecule has 10 aromatic carbocycles. The molecule has 208 valence electrons. The summed E-state index contributed by atoms with van der Waals surface area (Å²) in [6, 6.07) is 41.6. The molecule has 0 amide bonds. The van der Waals surface area contributed by atoms with Gasteiger partial charge in [-0.15, -0.1) is 0 Å². The number of rotatable bonds is 6. The predicted octanol–water partition coefficient (Wildman–Crippen LogP) is 12.7. The molecule has 0 spiro atoms. The lowest BCUT2D eigenvalue weighted by Crippen LogP contribution is -2.01. The van der Waals surface area contributed by atoms with Gasteiger partial charge < -0.3 is 0 Å². The number of hydrogen-bond acceptors (Lipinski definition) is 0. The van der Waals surface area contributed by atoms with Gasteiger partial charge in [0.2, 0.25) is 0 Å². The fourth-order valence-electron chi connectivity index (χ4n) is 8.98. The van der Waals surface area contributed by atoms with E-state index in [-0.39, 0.29) is 0 Å². The summed E-state index contributed by atoms with van der Waals surface area (Å²) in [6.45, 7) is 4.68. The summed E-state index contributed by atoms with van der Waals surface area (Å²) in [4.78, 5) is 0. The van der Waals surface area contributed by atoms with E-state index in [4.69, 9.17) is 0 Å². The molecule has 0 heteroatoms. The Morgan fingerprint density at radius 3 is 1.16 bits per heavy atom. The Bertz CT molecular complexity index is 2460. The van der Waals surface area contributed by atoms with E-state index in [1.54, 1.807) is 0 Å². The molecule has 44 heavy (non-hydrogen) atoms. The van der Waals surface area contributed by atoms with Crippen LogP contribution in [0.2, 0.25) is 0 Å². The molecule has 0 unspecified atom stereocenters. The van der Waals surface area contributed by atoms with E-state index in [2.05, 4.69) is 123 Å². The zero-order chi connectivity index (χ0) is 29.1. The maximum atomic E-state index is 2.55. The highest BCUT2D eigenvalue weighted by atomic mass is 14.3. The average Bonchev–Trinajstić information content (AvgIpc) is 3.60. The van der Waals surface area contributed by atoms with Crippen LogP contribution in [0, 0.1) is 0 Å². The van der Waals surface area contributed by atoms with Crippen LogP contribution in [0.4, 0.5) is 0 Å². The van der Waals surface area contributed by atoms with Gasteiger partial charge in [0.25, 0.3) is 0 Å². The van der Waals surface area contributed by atoms with Gasteiger partial charge in [0, 0.05) is 0 Å². The second-order valence-corrected chi connectivity index (χ2v) is 12.9. The molecule has 10 rings (SSSR count). The van der Waals surface area contributed by atoms with Gasteiger partial charge in [-0.05, 0) is 134 Å². The average molecular weight is 561 g/mol. The fourth-order valence-corrected chi connectivity index (χ4v) is 8.98. The Hall–Kier alpha value is -4.94. The smallest absolute Gasteiger partial charge is 0.000136 e. The van der Waals surface area contributed by atoms with Crippen LogP contribution >= 0.6 is 0 Å². The van der Waals surface area contributed by atoms with Gasteiger partial charge in [0.05, 0.1) is 0 Å². The maximum absolute atomic E-state index is 2.55. The van der Waals surface area contributed by atoms with Gasteiger partial charge >= 0.3 is 0 Å². The summed E-state index contributed by atoms with van der Waals surface area (Å²) >= 11 is 0. The quantitative estimate of drug-likeness (QED) is 0.177. The van der Waals surface area contributed by atoms with Crippen LogP contribution in [0.3, 0.4) is 0 Å². The molecule has 0 N–H and O–H groups in total. The van der Waals surface area contributed by atoms with E-state index in [0.29, 0.717) is 0 Å². The van der Waals surface area contributed by atoms with Crippen molar-refractivity contribution in [3.63, 3.8) is 0 Å². The van der Waals surface area contributed by atoms with Crippen LogP contribution in [0.1, 0.15) is 37.8 Å². The molecule has 0 aliphatic carbocycles. The predicted molar refractivity (Wildman–Crippen MR) is 193 cm³/mol. The zero-order valence-corrected chi connectivity index (χ0v) is 25.2. The molecule has 0 nitrogen and oxygen atoms in total. The molecular weight excluding hydrogens is 528 g/mol. The molecule has 10 aromatic rings. The van der Waals surface area contributed by atoms with Crippen molar-refractivity contribution in [1.82, 2.24) is 0 Å². The van der Waals surface area contributed by atoms with Crippen molar-refractivity contribution in [3.8, 4) is 22.3 Å². The molecule has 0 radical (unpaired) electrons. The zero-order valence-electron chi connectivity index (χ0n) is 25.2. The molecule has 0 aliphatic rings. The summed E-state index contributed by atoms with van der Waals surface area (Å²) in [5, 5.41) is 20.2. The lowest BCUT2D eigenvalue weighted by atomic mass is 9.81. The highest BCUT2D eigenvalue weighted by Crippen LogP contribution is 2.56. The van der Waals surface area contributed by atoms with Crippen molar-refractivity contribution < 1.29 is 0 Å². The first-order valence-electron chi connectivity index (χ1n) is 16.3. The second kappa shape index (κ2) is 8.80. The van der Waals surface area contributed by atoms with E-state index < -0.39 is 0 Å².